The molecule has 8 atom stereocenters. The number of hydrogen-bond donors (Lipinski definition) is 3. The molecule has 0 heterocycles. The first-order valence-electron chi connectivity index (χ1n) is 10.2. The van der Waals surface area contributed by atoms with Crippen molar-refractivity contribution in [1.82, 2.24) is 0 Å². The fraction of sp³-hybridized carbons (Fsp3) is 0.905. The molecule has 4 saturated carbocycles. The molecule has 4 aliphatic rings. The van der Waals surface area contributed by atoms with Crippen LogP contribution in [0.25, 0.3) is 0 Å². The summed E-state index contributed by atoms with van der Waals surface area (Å²) in [6.45, 7) is 3.46. The summed E-state index contributed by atoms with van der Waals surface area (Å²) in [5, 5.41) is 30.6. The Morgan fingerprint density at radius 2 is 1.88 bits per heavy atom. The lowest BCUT2D eigenvalue weighted by molar-refractivity contribution is -0.180. The van der Waals surface area contributed by atoms with Gasteiger partial charge in [-0.05, 0) is 68.1 Å². The van der Waals surface area contributed by atoms with E-state index in [1.807, 2.05) is 6.92 Å². The second kappa shape index (κ2) is 5.86. The van der Waals surface area contributed by atoms with Crippen molar-refractivity contribution in [2.24, 2.45) is 34.5 Å². The number of carbonyl (C=O) groups excluding carboxylic acids is 2. The average Bonchev–Trinajstić information content (AvgIpc) is 2.86. The highest BCUT2D eigenvalue weighted by Gasteiger charge is 2.68. The molecular formula is C21H32O5. The normalized spacial score (nSPS) is 53.6. The number of aliphatic hydroxyl groups is 3. The van der Waals surface area contributed by atoms with E-state index < -0.39 is 23.4 Å². The highest BCUT2D eigenvalue weighted by Crippen LogP contribution is 2.67. The second-order valence-electron chi connectivity index (χ2n) is 10.00. The highest BCUT2D eigenvalue weighted by atomic mass is 16.3. The third-order valence-electron chi connectivity index (χ3n) is 9.08. The molecule has 0 aromatic carbocycles. The van der Waals surface area contributed by atoms with Crippen LogP contribution in [0.4, 0.5) is 0 Å². The van der Waals surface area contributed by atoms with Gasteiger partial charge in [0.2, 0.25) is 0 Å². The number of carbonyl (C=O) groups is 2. The smallest absolute Gasteiger partial charge is 0.190 e. The van der Waals surface area contributed by atoms with Crippen LogP contribution in [0, 0.1) is 34.5 Å². The topological polar surface area (TPSA) is 94.8 Å². The molecule has 0 aromatic rings. The van der Waals surface area contributed by atoms with Crippen LogP contribution >= 0.6 is 0 Å². The van der Waals surface area contributed by atoms with Gasteiger partial charge in [-0.3, -0.25) is 9.59 Å². The Hall–Kier alpha value is -0.780. The Labute approximate surface area is 155 Å². The molecule has 0 spiro atoms. The third-order valence-corrected chi connectivity index (χ3v) is 9.08. The molecule has 4 aliphatic carbocycles. The van der Waals surface area contributed by atoms with Gasteiger partial charge in [0.25, 0.3) is 0 Å². The summed E-state index contributed by atoms with van der Waals surface area (Å²) in [5.41, 5.74) is -2.40. The van der Waals surface area contributed by atoms with E-state index in [1.54, 1.807) is 0 Å². The lowest BCUT2D eigenvalue weighted by Crippen LogP contribution is -2.62. The average molecular weight is 364 g/mol. The van der Waals surface area contributed by atoms with Crippen molar-refractivity contribution in [2.45, 2.75) is 76.9 Å². The van der Waals surface area contributed by atoms with Gasteiger partial charge in [0.1, 0.15) is 18.0 Å². The van der Waals surface area contributed by atoms with Crippen LogP contribution in [0.3, 0.4) is 0 Å². The molecule has 0 bridgehead atoms. The summed E-state index contributed by atoms with van der Waals surface area (Å²) in [6.07, 6.45) is 5.47. The van der Waals surface area contributed by atoms with E-state index in [0.717, 1.165) is 38.5 Å². The number of ketones is 2. The van der Waals surface area contributed by atoms with Crippen molar-refractivity contribution in [1.29, 1.82) is 0 Å². The van der Waals surface area contributed by atoms with E-state index in [9.17, 15) is 24.9 Å². The number of fused-ring (bicyclic) bond motifs is 5. The lowest BCUT2D eigenvalue weighted by atomic mass is 9.44. The van der Waals surface area contributed by atoms with E-state index in [0.29, 0.717) is 12.3 Å². The van der Waals surface area contributed by atoms with Crippen molar-refractivity contribution in [3.63, 3.8) is 0 Å². The first-order valence-corrected chi connectivity index (χ1v) is 10.2. The second-order valence-corrected chi connectivity index (χ2v) is 10.00. The molecule has 0 amide bonds. The molecule has 26 heavy (non-hydrogen) atoms. The zero-order chi connectivity index (χ0) is 18.9. The summed E-state index contributed by atoms with van der Waals surface area (Å²) < 4.78 is 0. The summed E-state index contributed by atoms with van der Waals surface area (Å²) in [5.74, 6) is 0.380. The number of rotatable bonds is 2. The molecular weight excluding hydrogens is 332 g/mol. The standard InChI is InChI=1S/C21H32O5/c1-19-7-5-13(23)9-12(19)3-4-14-15-6-8-21(26,17(25)11-22)20(15,2)10-16(24)18(14)19/h12-15,18,22-23,26H,3-11H2,1-2H3/t12-,13+,14-,15+,18+,19-,20-,21-/m0/s1. The third kappa shape index (κ3) is 2.20. The van der Waals surface area contributed by atoms with E-state index in [-0.39, 0.29) is 41.5 Å². The molecule has 0 aliphatic heterocycles. The van der Waals surface area contributed by atoms with Crippen molar-refractivity contribution < 1.29 is 24.9 Å². The van der Waals surface area contributed by atoms with Crippen LogP contribution in [0.2, 0.25) is 0 Å². The van der Waals surface area contributed by atoms with Gasteiger partial charge in [0.15, 0.2) is 5.78 Å². The summed E-state index contributed by atoms with van der Waals surface area (Å²) in [4.78, 5) is 25.7. The van der Waals surface area contributed by atoms with Gasteiger partial charge >= 0.3 is 0 Å². The first kappa shape index (κ1) is 18.6. The van der Waals surface area contributed by atoms with Crippen LogP contribution in [0.15, 0.2) is 0 Å². The minimum absolute atomic E-state index is 0.0154. The molecule has 4 rings (SSSR count). The zero-order valence-corrected chi connectivity index (χ0v) is 15.9. The maximum atomic E-state index is 13.4. The molecule has 5 nitrogen and oxygen atoms in total. The summed E-state index contributed by atoms with van der Waals surface area (Å²) in [6, 6.07) is 0. The molecule has 0 aromatic heterocycles. The maximum absolute atomic E-state index is 13.4. The fourth-order valence-electron chi connectivity index (χ4n) is 7.64. The molecule has 0 radical (unpaired) electrons. The molecule has 3 N–H and O–H groups in total. The number of aliphatic hydroxyl groups excluding tert-OH is 2. The highest BCUT2D eigenvalue weighted by molar-refractivity contribution is 5.92. The number of hydrogen-bond acceptors (Lipinski definition) is 5. The molecule has 5 heteroatoms. The van der Waals surface area contributed by atoms with E-state index in [4.69, 9.17) is 0 Å². The van der Waals surface area contributed by atoms with Crippen LogP contribution in [-0.2, 0) is 9.59 Å². The van der Waals surface area contributed by atoms with Crippen LogP contribution in [0.1, 0.15) is 65.2 Å². The van der Waals surface area contributed by atoms with Gasteiger partial charge in [-0.2, -0.15) is 0 Å². The SMILES string of the molecule is C[C@]12CC[C@@H](O)C[C@@H]1CC[C@H]1[C@H]3CC[C@](O)(C(=O)CO)[C@@]3(C)CC(=O)[C@@H]12. The summed E-state index contributed by atoms with van der Waals surface area (Å²) in [7, 11) is 0. The van der Waals surface area contributed by atoms with Gasteiger partial charge in [-0.15, -0.1) is 0 Å². The molecule has 0 unspecified atom stereocenters. The van der Waals surface area contributed by atoms with Crippen molar-refractivity contribution >= 4 is 11.6 Å². The van der Waals surface area contributed by atoms with Gasteiger partial charge in [0, 0.05) is 17.8 Å². The maximum Gasteiger partial charge on any atom is 0.190 e. The van der Waals surface area contributed by atoms with Crippen LogP contribution in [0.5, 0.6) is 0 Å². The monoisotopic (exact) mass is 364 g/mol. The van der Waals surface area contributed by atoms with E-state index >= 15 is 0 Å². The van der Waals surface area contributed by atoms with Gasteiger partial charge < -0.3 is 15.3 Å². The Balaban J connectivity index is 1.70. The Morgan fingerprint density at radius 1 is 1.15 bits per heavy atom. The summed E-state index contributed by atoms with van der Waals surface area (Å²) >= 11 is 0. The molecule has 0 saturated heterocycles. The minimum atomic E-state index is -1.58. The number of Topliss-reactive ketones (excluding diaryl/α,β-unsaturated/α-hetero) is 2. The quantitative estimate of drug-likeness (QED) is 0.695. The van der Waals surface area contributed by atoms with Crippen LogP contribution in [-0.4, -0.2) is 45.2 Å². The Morgan fingerprint density at radius 3 is 2.58 bits per heavy atom. The predicted molar refractivity (Wildman–Crippen MR) is 95.2 cm³/mol. The first-order chi connectivity index (χ1) is 12.2. The largest absolute Gasteiger partial charge is 0.393 e. The van der Waals surface area contributed by atoms with Gasteiger partial charge in [-0.1, -0.05) is 13.8 Å². The minimum Gasteiger partial charge on any atom is -0.393 e. The zero-order valence-electron chi connectivity index (χ0n) is 15.9. The van der Waals surface area contributed by atoms with Gasteiger partial charge in [-0.25, -0.2) is 0 Å². The fourth-order valence-corrected chi connectivity index (χ4v) is 7.64. The van der Waals surface area contributed by atoms with E-state index in [1.165, 1.54) is 0 Å². The van der Waals surface area contributed by atoms with E-state index in [2.05, 4.69) is 6.92 Å². The molecule has 146 valence electrons. The van der Waals surface area contributed by atoms with Crippen molar-refractivity contribution in [2.75, 3.05) is 6.61 Å². The molecule has 4 fully saturated rings. The Kier molecular flexibility index (Phi) is 4.18. The van der Waals surface area contributed by atoms with Crippen molar-refractivity contribution in [3.8, 4) is 0 Å². The van der Waals surface area contributed by atoms with Gasteiger partial charge in [0.05, 0.1) is 6.10 Å². The van der Waals surface area contributed by atoms with Crippen molar-refractivity contribution in [3.05, 3.63) is 0 Å². The lowest BCUT2D eigenvalue weighted by Gasteiger charge is -2.60. The predicted octanol–water partition coefficient (Wildman–Crippen LogP) is 1.86. The Bertz CT molecular complexity index is 632. The van der Waals surface area contributed by atoms with Crippen LogP contribution < -0.4 is 0 Å².